The second-order valence-electron chi connectivity index (χ2n) is 5.50. The topological polar surface area (TPSA) is 49.3 Å². The summed E-state index contributed by atoms with van der Waals surface area (Å²) < 4.78 is 0. The lowest BCUT2D eigenvalue weighted by molar-refractivity contribution is 0.0932. The number of thioether (sulfide) groups is 1. The van der Waals surface area contributed by atoms with E-state index >= 15 is 0 Å². The molecule has 0 heterocycles. The van der Waals surface area contributed by atoms with E-state index in [1.165, 1.54) is 0 Å². The van der Waals surface area contributed by atoms with Crippen LogP contribution < -0.4 is 5.32 Å². The SMILES string of the molecule is CC(C)Sc1ccccc1C(=O)NCC1(CO)CC1. The van der Waals surface area contributed by atoms with Crippen molar-refractivity contribution >= 4 is 17.7 Å². The standard InChI is InChI=1S/C15H21NO2S/c1-11(2)19-13-6-4-3-5-12(13)14(18)16-9-15(10-17)7-8-15/h3-6,11,17H,7-10H2,1-2H3,(H,16,18). The van der Waals surface area contributed by atoms with Crippen molar-refractivity contribution < 1.29 is 9.90 Å². The molecule has 0 radical (unpaired) electrons. The lowest BCUT2D eigenvalue weighted by Gasteiger charge is -2.15. The van der Waals surface area contributed by atoms with Crippen LogP contribution in [0.25, 0.3) is 0 Å². The molecule has 1 aromatic carbocycles. The molecule has 1 saturated carbocycles. The van der Waals surface area contributed by atoms with Crippen molar-refractivity contribution in [3.8, 4) is 0 Å². The molecule has 0 spiro atoms. The normalized spacial score (nSPS) is 16.4. The monoisotopic (exact) mass is 279 g/mol. The van der Waals surface area contributed by atoms with Gasteiger partial charge in [-0.3, -0.25) is 4.79 Å². The van der Waals surface area contributed by atoms with Crippen LogP contribution >= 0.6 is 11.8 Å². The maximum Gasteiger partial charge on any atom is 0.252 e. The molecule has 2 N–H and O–H groups in total. The van der Waals surface area contributed by atoms with Crippen LogP contribution in [0.5, 0.6) is 0 Å². The molecule has 0 unspecified atom stereocenters. The summed E-state index contributed by atoms with van der Waals surface area (Å²) in [6, 6.07) is 7.69. The van der Waals surface area contributed by atoms with Gasteiger partial charge >= 0.3 is 0 Å². The van der Waals surface area contributed by atoms with Gasteiger partial charge in [0.25, 0.3) is 5.91 Å². The molecule has 4 heteroatoms. The van der Waals surface area contributed by atoms with Crippen molar-refractivity contribution in [2.75, 3.05) is 13.2 Å². The van der Waals surface area contributed by atoms with E-state index in [0.717, 1.165) is 23.3 Å². The number of hydrogen-bond donors (Lipinski definition) is 2. The van der Waals surface area contributed by atoms with Gasteiger partial charge in [-0.2, -0.15) is 0 Å². The average molecular weight is 279 g/mol. The van der Waals surface area contributed by atoms with Crippen LogP contribution in [0.2, 0.25) is 0 Å². The molecule has 0 bridgehead atoms. The first-order chi connectivity index (χ1) is 9.06. The fourth-order valence-electron chi connectivity index (χ4n) is 1.94. The van der Waals surface area contributed by atoms with Crippen molar-refractivity contribution in [3.63, 3.8) is 0 Å². The lowest BCUT2D eigenvalue weighted by Crippen LogP contribution is -2.32. The number of aliphatic hydroxyl groups excluding tert-OH is 1. The van der Waals surface area contributed by atoms with Gasteiger partial charge in [0.1, 0.15) is 0 Å². The van der Waals surface area contributed by atoms with Crippen LogP contribution in [0, 0.1) is 5.41 Å². The summed E-state index contributed by atoms with van der Waals surface area (Å²) in [4.78, 5) is 13.2. The average Bonchev–Trinajstić information content (AvgIpc) is 3.17. The maximum atomic E-state index is 12.2. The minimum Gasteiger partial charge on any atom is -0.396 e. The fourth-order valence-corrected chi connectivity index (χ4v) is 2.89. The molecule has 19 heavy (non-hydrogen) atoms. The Labute approximate surface area is 118 Å². The number of hydrogen-bond acceptors (Lipinski definition) is 3. The Morgan fingerprint density at radius 3 is 2.68 bits per heavy atom. The van der Waals surface area contributed by atoms with E-state index in [4.69, 9.17) is 0 Å². The van der Waals surface area contributed by atoms with Crippen molar-refractivity contribution in [3.05, 3.63) is 29.8 Å². The quantitative estimate of drug-likeness (QED) is 0.787. The van der Waals surface area contributed by atoms with Crippen molar-refractivity contribution in [2.24, 2.45) is 5.41 Å². The molecule has 1 aliphatic carbocycles. The highest BCUT2D eigenvalue weighted by Gasteiger charge is 2.42. The Balaban J connectivity index is 2.02. The summed E-state index contributed by atoms with van der Waals surface area (Å²) >= 11 is 1.70. The highest BCUT2D eigenvalue weighted by atomic mass is 32.2. The van der Waals surface area contributed by atoms with E-state index in [0.29, 0.717) is 11.8 Å². The number of benzene rings is 1. The summed E-state index contributed by atoms with van der Waals surface area (Å²) in [5.74, 6) is -0.0384. The summed E-state index contributed by atoms with van der Waals surface area (Å²) in [6.45, 7) is 4.97. The Morgan fingerprint density at radius 2 is 2.11 bits per heavy atom. The van der Waals surface area contributed by atoms with Gasteiger partial charge in [0.05, 0.1) is 12.2 Å². The second kappa shape index (κ2) is 5.97. The zero-order valence-corrected chi connectivity index (χ0v) is 12.3. The second-order valence-corrected chi connectivity index (χ2v) is 7.12. The predicted octanol–water partition coefficient (Wildman–Crippen LogP) is 2.69. The fraction of sp³-hybridized carbons (Fsp3) is 0.533. The van der Waals surface area contributed by atoms with Gasteiger partial charge < -0.3 is 10.4 Å². The molecule has 0 atom stereocenters. The zero-order valence-electron chi connectivity index (χ0n) is 11.5. The molecule has 1 fully saturated rings. The largest absolute Gasteiger partial charge is 0.396 e. The third kappa shape index (κ3) is 3.74. The predicted molar refractivity (Wildman–Crippen MR) is 78.5 cm³/mol. The van der Waals surface area contributed by atoms with Crippen LogP contribution in [0.15, 0.2) is 29.2 Å². The molecule has 0 aromatic heterocycles. The van der Waals surface area contributed by atoms with E-state index in [9.17, 15) is 9.90 Å². The minimum atomic E-state index is -0.0458. The lowest BCUT2D eigenvalue weighted by atomic mass is 10.1. The molecule has 1 aromatic rings. The Morgan fingerprint density at radius 1 is 1.42 bits per heavy atom. The smallest absolute Gasteiger partial charge is 0.252 e. The maximum absolute atomic E-state index is 12.2. The van der Waals surface area contributed by atoms with Crippen LogP contribution in [0.4, 0.5) is 0 Å². The summed E-state index contributed by atoms with van der Waals surface area (Å²) in [5, 5.41) is 12.7. The van der Waals surface area contributed by atoms with Gasteiger partial charge in [0.2, 0.25) is 0 Å². The van der Waals surface area contributed by atoms with E-state index in [1.807, 2.05) is 24.3 Å². The third-order valence-electron chi connectivity index (χ3n) is 3.41. The van der Waals surface area contributed by atoms with E-state index < -0.39 is 0 Å². The first-order valence-electron chi connectivity index (χ1n) is 6.71. The highest BCUT2D eigenvalue weighted by molar-refractivity contribution is 8.00. The van der Waals surface area contributed by atoms with Gasteiger partial charge in [-0.05, 0) is 25.0 Å². The third-order valence-corrected chi connectivity index (χ3v) is 4.49. The number of carbonyl (C=O) groups excluding carboxylic acids is 1. The Hall–Kier alpha value is -1.00. The Kier molecular flexibility index (Phi) is 4.53. The van der Waals surface area contributed by atoms with Crippen LogP contribution in [-0.2, 0) is 0 Å². The van der Waals surface area contributed by atoms with E-state index in [-0.39, 0.29) is 17.9 Å². The molecular weight excluding hydrogens is 258 g/mol. The molecule has 104 valence electrons. The molecular formula is C15H21NO2S. The number of nitrogens with one attached hydrogen (secondary N) is 1. The number of aliphatic hydroxyl groups is 1. The van der Waals surface area contributed by atoms with Crippen LogP contribution in [0.1, 0.15) is 37.0 Å². The summed E-state index contributed by atoms with van der Waals surface area (Å²) in [6.07, 6.45) is 2.01. The Bertz CT molecular complexity index is 455. The first kappa shape index (κ1) is 14.4. The minimum absolute atomic E-state index is 0.0384. The summed E-state index contributed by atoms with van der Waals surface area (Å²) in [5.41, 5.74) is 0.686. The van der Waals surface area contributed by atoms with Gasteiger partial charge in [-0.1, -0.05) is 26.0 Å². The molecule has 1 amide bonds. The highest BCUT2D eigenvalue weighted by Crippen LogP contribution is 2.44. The number of rotatable bonds is 6. The number of amides is 1. The van der Waals surface area contributed by atoms with Gasteiger partial charge in [-0.15, -0.1) is 11.8 Å². The summed E-state index contributed by atoms with van der Waals surface area (Å²) in [7, 11) is 0. The molecule has 0 saturated heterocycles. The molecule has 3 nitrogen and oxygen atoms in total. The van der Waals surface area contributed by atoms with Gasteiger partial charge in [-0.25, -0.2) is 0 Å². The van der Waals surface area contributed by atoms with Crippen LogP contribution in [-0.4, -0.2) is 29.4 Å². The van der Waals surface area contributed by atoms with E-state index in [1.54, 1.807) is 11.8 Å². The van der Waals surface area contributed by atoms with Gasteiger partial charge in [0, 0.05) is 22.1 Å². The van der Waals surface area contributed by atoms with Crippen molar-refractivity contribution in [1.29, 1.82) is 0 Å². The van der Waals surface area contributed by atoms with Crippen molar-refractivity contribution in [1.82, 2.24) is 5.32 Å². The van der Waals surface area contributed by atoms with Gasteiger partial charge in [0.15, 0.2) is 0 Å². The van der Waals surface area contributed by atoms with Crippen LogP contribution in [0.3, 0.4) is 0 Å². The molecule has 0 aliphatic heterocycles. The van der Waals surface area contributed by atoms with E-state index in [2.05, 4.69) is 19.2 Å². The zero-order chi connectivity index (χ0) is 13.9. The van der Waals surface area contributed by atoms with Crippen molar-refractivity contribution in [2.45, 2.75) is 36.8 Å². The molecule has 1 aliphatic rings. The molecule has 2 rings (SSSR count). The number of carbonyl (C=O) groups is 1. The first-order valence-corrected chi connectivity index (χ1v) is 7.59.